The van der Waals surface area contributed by atoms with Crippen LogP contribution in [0, 0.1) is 0 Å². The zero-order valence-electron chi connectivity index (χ0n) is 14.8. The highest BCUT2D eigenvalue weighted by Crippen LogP contribution is 2.41. The number of nitrogens with zero attached hydrogens (tertiary/aromatic N) is 1. The number of anilines is 1. The summed E-state index contributed by atoms with van der Waals surface area (Å²) in [5.41, 5.74) is -1.32. The number of ether oxygens (including phenoxy) is 1. The molecule has 2 amide bonds. The third-order valence-corrected chi connectivity index (χ3v) is 4.90. The number of imide groups is 1. The van der Waals surface area contributed by atoms with Gasteiger partial charge < -0.3 is 4.74 Å². The molecular weight excluding hydrogens is 442 g/mol. The lowest BCUT2D eigenvalue weighted by atomic mass is 10.1. The summed E-state index contributed by atoms with van der Waals surface area (Å²) in [6.07, 6.45) is -4.68. The number of rotatable bonds is 3. The zero-order valence-corrected chi connectivity index (χ0v) is 16.3. The minimum Gasteiger partial charge on any atom is -0.455 e. The topological polar surface area (TPSA) is 46.6 Å². The monoisotopic (exact) mass is 451 g/mol. The standard InChI is InChI=1S/C21H10Cl2F3NO3/c22-12-2-5-14(6-3-12)30-18-8-1-11(21(24,25)26)9-17(18)27-19(28)15-7-4-13(23)10-16(15)20(27)29/h1-10H. The van der Waals surface area contributed by atoms with Crippen molar-refractivity contribution < 1.29 is 27.5 Å². The number of amides is 2. The Kier molecular flexibility index (Phi) is 4.95. The maximum absolute atomic E-state index is 13.3. The van der Waals surface area contributed by atoms with E-state index in [1.54, 1.807) is 0 Å². The molecule has 4 rings (SSSR count). The summed E-state index contributed by atoms with van der Waals surface area (Å²) < 4.78 is 45.6. The van der Waals surface area contributed by atoms with Crippen molar-refractivity contribution in [3.05, 3.63) is 87.4 Å². The summed E-state index contributed by atoms with van der Waals surface area (Å²) >= 11 is 11.7. The molecule has 0 radical (unpaired) electrons. The van der Waals surface area contributed by atoms with Crippen molar-refractivity contribution in [3.63, 3.8) is 0 Å². The van der Waals surface area contributed by atoms with Crippen LogP contribution < -0.4 is 9.64 Å². The molecule has 0 saturated carbocycles. The molecule has 152 valence electrons. The summed E-state index contributed by atoms with van der Waals surface area (Å²) in [6, 6.07) is 12.7. The molecule has 0 N–H and O–H groups in total. The second-order valence-corrected chi connectivity index (χ2v) is 7.24. The van der Waals surface area contributed by atoms with E-state index in [0.717, 1.165) is 12.1 Å². The van der Waals surface area contributed by atoms with E-state index in [-0.39, 0.29) is 33.3 Å². The molecule has 0 bridgehead atoms. The molecule has 0 aromatic heterocycles. The number of benzene rings is 3. The highest BCUT2D eigenvalue weighted by atomic mass is 35.5. The van der Waals surface area contributed by atoms with Crippen LogP contribution in [0.25, 0.3) is 0 Å². The Bertz CT molecular complexity index is 1180. The lowest BCUT2D eigenvalue weighted by Crippen LogP contribution is -2.30. The van der Waals surface area contributed by atoms with Crippen molar-refractivity contribution in [3.8, 4) is 11.5 Å². The summed E-state index contributed by atoms with van der Waals surface area (Å²) in [5, 5.41) is 0.658. The van der Waals surface area contributed by atoms with Crippen LogP contribution in [0.2, 0.25) is 10.0 Å². The van der Waals surface area contributed by atoms with Crippen LogP contribution in [-0.2, 0) is 6.18 Å². The van der Waals surface area contributed by atoms with Gasteiger partial charge in [-0.15, -0.1) is 0 Å². The maximum atomic E-state index is 13.3. The second-order valence-electron chi connectivity index (χ2n) is 6.37. The largest absolute Gasteiger partial charge is 0.455 e. The third-order valence-electron chi connectivity index (χ3n) is 4.42. The van der Waals surface area contributed by atoms with E-state index in [1.165, 1.54) is 42.5 Å². The van der Waals surface area contributed by atoms with Crippen molar-refractivity contribution in [1.29, 1.82) is 0 Å². The number of halogens is 5. The van der Waals surface area contributed by atoms with Crippen molar-refractivity contribution in [1.82, 2.24) is 0 Å². The lowest BCUT2D eigenvalue weighted by Gasteiger charge is -2.20. The molecule has 3 aromatic carbocycles. The van der Waals surface area contributed by atoms with Gasteiger partial charge in [0.2, 0.25) is 0 Å². The minimum atomic E-state index is -4.68. The predicted octanol–water partition coefficient (Wildman–Crippen LogP) is 6.61. The van der Waals surface area contributed by atoms with Gasteiger partial charge in [-0.25, -0.2) is 4.90 Å². The van der Waals surface area contributed by atoms with E-state index in [0.29, 0.717) is 16.0 Å². The summed E-state index contributed by atoms with van der Waals surface area (Å²) in [5.74, 6) is -1.41. The fourth-order valence-corrected chi connectivity index (χ4v) is 3.31. The summed E-state index contributed by atoms with van der Waals surface area (Å²) in [6.45, 7) is 0. The molecule has 4 nitrogen and oxygen atoms in total. The first-order valence-electron chi connectivity index (χ1n) is 8.48. The van der Waals surface area contributed by atoms with E-state index >= 15 is 0 Å². The third kappa shape index (κ3) is 3.62. The highest BCUT2D eigenvalue weighted by Gasteiger charge is 2.40. The smallest absolute Gasteiger partial charge is 0.416 e. The molecule has 0 atom stereocenters. The SMILES string of the molecule is O=C1c2ccc(Cl)cc2C(=O)N1c1cc(C(F)(F)F)ccc1Oc1ccc(Cl)cc1. The first kappa shape index (κ1) is 20.3. The Morgan fingerprint density at radius 1 is 0.767 bits per heavy atom. The lowest BCUT2D eigenvalue weighted by molar-refractivity contribution is -0.137. The Morgan fingerprint density at radius 3 is 2.07 bits per heavy atom. The molecule has 1 heterocycles. The van der Waals surface area contributed by atoms with Gasteiger partial charge >= 0.3 is 6.18 Å². The van der Waals surface area contributed by atoms with Gasteiger partial charge in [0.1, 0.15) is 5.75 Å². The minimum absolute atomic E-state index is 0.00218. The molecule has 1 aliphatic rings. The normalized spacial score (nSPS) is 13.6. The van der Waals surface area contributed by atoms with Crippen LogP contribution in [0.3, 0.4) is 0 Å². The van der Waals surface area contributed by atoms with E-state index in [4.69, 9.17) is 27.9 Å². The Balaban J connectivity index is 1.83. The van der Waals surface area contributed by atoms with Gasteiger partial charge in [0.15, 0.2) is 5.75 Å². The van der Waals surface area contributed by atoms with Crippen molar-refractivity contribution >= 4 is 40.7 Å². The van der Waals surface area contributed by atoms with E-state index in [1.807, 2.05) is 0 Å². The molecule has 3 aromatic rings. The van der Waals surface area contributed by atoms with Gasteiger partial charge in [0.25, 0.3) is 11.8 Å². The first-order chi connectivity index (χ1) is 14.1. The molecule has 30 heavy (non-hydrogen) atoms. The molecular formula is C21H10Cl2F3NO3. The van der Waals surface area contributed by atoms with Crippen LogP contribution >= 0.6 is 23.2 Å². The fraction of sp³-hybridized carbons (Fsp3) is 0.0476. The van der Waals surface area contributed by atoms with Crippen molar-refractivity contribution in [2.75, 3.05) is 4.90 Å². The van der Waals surface area contributed by atoms with Crippen LogP contribution in [0.1, 0.15) is 26.3 Å². The maximum Gasteiger partial charge on any atom is 0.416 e. The molecule has 9 heteroatoms. The quantitative estimate of drug-likeness (QED) is 0.421. The molecule has 0 unspecified atom stereocenters. The number of hydrogen-bond donors (Lipinski definition) is 0. The molecule has 0 fully saturated rings. The molecule has 0 aliphatic carbocycles. The van der Waals surface area contributed by atoms with Gasteiger partial charge in [0, 0.05) is 10.0 Å². The van der Waals surface area contributed by atoms with Crippen LogP contribution in [0.15, 0.2) is 60.7 Å². The van der Waals surface area contributed by atoms with Crippen molar-refractivity contribution in [2.45, 2.75) is 6.18 Å². The number of alkyl halides is 3. The van der Waals surface area contributed by atoms with E-state index < -0.39 is 23.6 Å². The average molecular weight is 452 g/mol. The van der Waals surface area contributed by atoms with Crippen LogP contribution in [0.4, 0.5) is 18.9 Å². The zero-order chi connectivity index (χ0) is 21.6. The molecule has 1 aliphatic heterocycles. The Labute approximate surface area is 178 Å². The van der Waals surface area contributed by atoms with Gasteiger partial charge in [0.05, 0.1) is 22.4 Å². The Morgan fingerprint density at radius 2 is 1.40 bits per heavy atom. The van der Waals surface area contributed by atoms with Gasteiger partial charge in [-0.2, -0.15) is 13.2 Å². The number of hydrogen-bond acceptors (Lipinski definition) is 3. The first-order valence-corrected chi connectivity index (χ1v) is 9.24. The number of fused-ring (bicyclic) bond motifs is 1. The molecule has 0 saturated heterocycles. The van der Waals surface area contributed by atoms with Crippen LogP contribution in [0.5, 0.6) is 11.5 Å². The van der Waals surface area contributed by atoms with E-state index in [9.17, 15) is 22.8 Å². The average Bonchev–Trinajstić information content (AvgIpc) is 2.93. The van der Waals surface area contributed by atoms with Gasteiger partial charge in [-0.3, -0.25) is 9.59 Å². The Hall–Kier alpha value is -3.03. The number of carbonyl (C=O) groups excluding carboxylic acids is 2. The summed E-state index contributed by atoms with van der Waals surface area (Å²) in [4.78, 5) is 26.4. The summed E-state index contributed by atoms with van der Waals surface area (Å²) in [7, 11) is 0. The molecule has 0 spiro atoms. The van der Waals surface area contributed by atoms with Gasteiger partial charge in [-0.05, 0) is 60.7 Å². The second kappa shape index (κ2) is 7.34. The van der Waals surface area contributed by atoms with Crippen molar-refractivity contribution in [2.24, 2.45) is 0 Å². The van der Waals surface area contributed by atoms with Gasteiger partial charge in [-0.1, -0.05) is 23.2 Å². The predicted molar refractivity (Wildman–Crippen MR) is 106 cm³/mol. The van der Waals surface area contributed by atoms with E-state index in [2.05, 4.69) is 0 Å². The highest BCUT2D eigenvalue weighted by molar-refractivity contribution is 6.37. The van der Waals surface area contributed by atoms with Crippen LogP contribution in [-0.4, -0.2) is 11.8 Å². The number of carbonyl (C=O) groups is 2. The fourth-order valence-electron chi connectivity index (χ4n) is 3.02.